The van der Waals surface area contributed by atoms with Gasteiger partial charge in [-0.25, -0.2) is 15.0 Å². The minimum atomic E-state index is -0.326. The largest absolute Gasteiger partial charge is 0.476 e. The summed E-state index contributed by atoms with van der Waals surface area (Å²) in [5.41, 5.74) is 5.94. The molecule has 1 aromatic heterocycles. The molecule has 1 saturated heterocycles. The fourth-order valence-corrected chi connectivity index (χ4v) is 3.94. The van der Waals surface area contributed by atoms with Crippen molar-refractivity contribution in [2.45, 2.75) is 32.6 Å². The molecule has 0 saturated carbocycles. The predicted octanol–water partition coefficient (Wildman–Crippen LogP) is 6.04. The molecule has 172 valence electrons. The normalized spacial score (nSPS) is 14.2. The third-order valence-corrected chi connectivity index (χ3v) is 5.88. The first-order valence-corrected chi connectivity index (χ1v) is 11.9. The van der Waals surface area contributed by atoms with Crippen LogP contribution in [0.3, 0.4) is 0 Å². The maximum atomic E-state index is 13.3. The van der Waals surface area contributed by atoms with E-state index < -0.39 is 0 Å². The van der Waals surface area contributed by atoms with Gasteiger partial charge in [-0.15, -0.1) is 0 Å². The first kappa shape index (κ1) is 23.5. The number of ether oxygens (including phenoxy) is 1. The van der Waals surface area contributed by atoms with Gasteiger partial charge in [0.1, 0.15) is 5.69 Å². The van der Waals surface area contributed by atoms with Crippen LogP contribution in [0, 0.1) is 0 Å². The summed E-state index contributed by atoms with van der Waals surface area (Å²) in [5, 5.41) is 3.18. The average molecular weight is 485 g/mol. The molecule has 33 heavy (non-hydrogen) atoms. The second-order valence-corrected chi connectivity index (χ2v) is 8.80. The van der Waals surface area contributed by atoms with Crippen LogP contribution in [-0.4, -0.2) is 40.6 Å². The molecule has 0 spiro atoms. The number of benzene rings is 2. The van der Waals surface area contributed by atoms with Crippen molar-refractivity contribution >= 4 is 29.1 Å². The van der Waals surface area contributed by atoms with E-state index in [9.17, 15) is 4.79 Å². The highest BCUT2D eigenvalue weighted by Gasteiger charge is 2.24. The molecule has 1 amide bonds. The molecule has 0 unspecified atom stereocenters. The lowest BCUT2D eigenvalue weighted by atomic mass is 10.0. The summed E-state index contributed by atoms with van der Waals surface area (Å²) in [6.07, 6.45) is 4.06. The Bertz CT molecular complexity index is 1100. The number of amides is 1. The lowest BCUT2D eigenvalue weighted by Crippen LogP contribution is -2.45. The van der Waals surface area contributed by atoms with Gasteiger partial charge in [-0.1, -0.05) is 60.8 Å². The number of aromatic nitrogens is 2. The smallest absolute Gasteiger partial charge is 0.289 e. The predicted molar refractivity (Wildman–Crippen MR) is 132 cm³/mol. The van der Waals surface area contributed by atoms with Crippen molar-refractivity contribution in [2.24, 2.45) is 0 Å². The Balaban J connectivity index is 1.82. The molecule has 0 atom stereocenters. The average Bonchev–Trinajstić information content (AvgIpc) is 2.84. The second-order valence-electron chi connectivity index (χ2n) is 7.93. The Morgan fingerprint density at radius 2 is 1.45 bits per heavy atom. The standard InChI is InChI=1S/C25H26Cl2N4O2/c1-2-16-33-25-23(24(32)30-31-14-4-3-5-15-31)28-21(17-6-10-19(26)11-7-17)22(29-25)18-8-12-20(27)13-9-18/h6-13H,2-5,14-16H2,1H3,(H,30,32). The summed E-state index contributed by atoms with van der Waals surface area (Å²) in [4.78, 5) is 22.8. The highest BCUT2D eigenvalue weighted by molar-refractivity contribution is 6.31. The Morgan fingerprint density at radius 1 is 0.909 bits per heavy atom. The molecule has 1 aliphatic rings. The van der Waals surface area contributed by atoms with Crippen molar-refractivity contribution in [2.75, 3.05) is 19.7 Å². The minimum Gasteiger partial charge on any atom is -0.476 e. The maximum Gasteiger partial charge on any atom is 0.289 e. The van der Waals surface area contributed by atoms with Crippen LogP contribution in [0.25, 0.3) is 22.5 Å². The molecule has 2 heterocycles. The van der Waals surface area contributed by atoms with Crippen molar-refractivity contribution in [3.05, 3.63) is 64.3 Å². The van der Waals surface area contributed by atoms with Gasteiger partial charge >= 0.3 is 0 Å². The SMILES string of the molecule is CCCOc1nc(-c2ccc(Cl)cc2)c(-c2ccc(Cl)cc2)nc1C(=O)NN1CCCCC1. The van der Waals surface area contributed by atoms with Gasteiger partial charge in [-0.3, -0.25) is 10.2 Å². The highest BCUT2D eigenvalue weighted by Crippen LogP contribution is 2.33. The number of carbonyl (C=O) groups is 1. The monoisotopic (exact) mass is 484 g/mol. The van der Waals surface area contributed by atoms with Gasteiger partial charge in [0.05, 0.1) is 12.3 Å². The molecule has 3 aromatic rings. The van der Waals surface area contributed by atoms with Crippen molar-refractivity contribution in [3.63, 3.8) is 0 Å². The molecule has 0 aliphatic carbocycles. The quantitative estimate of drug-likeness (QED) is 0.442. The molecule has 6 nitrogen and oxygen atoms in total. The van der Waals surface area contributed by atoms with Crippen LogP contribution >= 0.6 is 23.2 Å². The van der Waals surface area contributed by atoms with Gasteiger partial charge in [0.2, 0.25) is 5.88 Å². The zero-order valence-corrected chi connectivity index (χ0v) is 20.0. The Labute approximate surface area is 203 Å². The van der Waals surface area contributed by atoms with Crippen LogP contribution in [0.5, 0.6) is 5.88 Å². The first-order valence-electron chi connectivity index (χ1n) is 11.2. The molecule has 0 radical (unpaired) electrons. The van der Waals surface area contributed by atoms with Crippen LogP contribution in [0.2, 0.25) is 10.0 Å². The Morgan fingerprint density at radius 3 is 2.00 bits per heavy atom. The number of nitrogens with zero attached hydrogens (tertiary/aromatic N) is 3. The molecule has 8 heteroatoms. The van der Waals surface area contributed by atoms with Gasteiger partial charge < -0.3 is 4.74 Å². The second kappa shape index (κ2) is 11.0. The molecule has 0 bridgehead atoms. The number of rotatable bonds is 7. The number of carbonyl (C=O) groups excluding carboxylic acids is 1. The maximum absolute atomic E-state index is 13.3. The van der Waals surface area contributed by atoms with E-state index in [1.54, 1.807) is 24.3 Å². The lowest BCUT2D eigenvalue weighted by molar-refractivity contribution is 0.0739. The topological polar surface area (TPSA) is 67.3 Å². The zero-order valence-electron chi connectivity index (χ0n) is 18.5. The number of hydrogen-bond donors (Lipinski definition) is 1. The van der Waals surface area contributed by atoms with Crippen LogP contribution in [0.1, 0.15) is 43.1 Å². The van der Waals surface area contributed by atoms with E-state index in [-0.39, 0.29) is 17.5 Å². The zero-order chi connectivity index (χ0) is 23.2. The third-order valence-electron chi connectivity index (χ3n) is 5.37. The van der Waals surface area contributed by atoms with E-state index in [4.69, 9.17) is 37.9 Å². The number of halogens is 2. The van der Waals surface area contributed by atoms with Gasteiger partial charge in [-0.05, 0) is 43.5 Å². The Hall–Kier alpha value is -2.67. The summed E-state index contributed by atoms with van der Waals surface area (Å²) < 4.78 is 5.89. The summed E-state index contributed by atoms with van der Waals surface area (Å²) >= 11 is 12.2. The van der Waals surface area contributed by atoms with Gasteiger partial charge in [-0.2, -0.15) is 0 Å². The summed E-state index contributed by atoms with van der Waals surface area (Å²) in [6.45, 7) is 4.07. The van der Waals surface area contributed by atoms with Crippen molar-refractivity contribution < 1.29 is 9.53 Å². The van der Waals surface area contributed by atoms with Gasteiger partial charge in [0.15, 0.2) is 5.69 Å². The number of nitrogens with one attached hydrogen (secondary N) is 1. The van der Waals surface area contributed by atoms with E-state index in [1.165, 1.54) is 6.42 Å². The summed E-state index contributed by atoms with van der Waals surface area (Å²) in [7, 11) is 0. The van der Waals surface area contributed by atoms with Crippen LogP contribution in [0.4, 0.5) is 0 Å². The minimum absolute atomic E-state index is 0.164. The van der Waals surface area contributed by atoms with Crippen molar-refractivity contribution in [1.29, 1.82) is 0 Å². The van der Waals surface area contributed by atoms with Crippen LogP contribution in [0.15, 0.2) is 48.5 Å². The number of piperidine rings is 1. The van der Waals surface area contributed by atoms with Crippen molar-refractivity contribution in [3.8, 4) is 28.4 Å². The molecular weight excluding hydrogens is 459 g/mol. The fourth-order valence-electron chi connectivity index (χ4n) is 3.69. The molecule has 4 rings (SSSR count). The number of hydrazine groups is 1. The summed E-state index contributed by atoms with van der Waals surface area (Å²) in [6, 6.07) is 14.7. The molecule has 2 aromatic carbocycles. The van der Waals surface area contributed by atoms with E-state index in [1.807, 2.05) is 36.2 Å². The molecule has 1 aliphatic heterocycles. The van der Waals surface area contributed by atoms with Crippen molar-refractivity contribution in [1.82, 2.24) is 20.4 Å². The fraction of sp³-hybridized carbons (Fsp3) is 0.320. The van der Waals surface area contributed by atoms with E-state index in [0.29, 0.717) is 28.0 Å². The van der Waals surface area contributed by atoms with E-state index >= 15 is 0 Å². The van der Waals surface area contributed by atoms with Gasteiger partial charge in [0.25, 0.3) is 5.91 Å². The molecular formula is C25H26Cl2N4O2. The number of hydrogen-bond acceptors (Lipinski definition) is 5. The summed E-state index contributed by atoms with van der Waals surface area (Å²) in [5.74, 6) is -0.109. The first-order chi connectivity index (χ1) is 16.0. The van der Waals surface area contributed by atoms with E-state index in [0.717, 1.165) is 43.5 Å². The molecule has 1 N–H and O–H groups in total. The van der Waals surface area contributed by atoms with Gasteiger partial charge in [0, 0.05) is 34.3 Å². The van der Waals surface area contributed by atoms with E-state index in [2.05, 4.69) is 5.43 Å². The Kier molecular flexibility index (Phi) is 7.81. The lowest BCUT2D eigenvalue weighted by Gasteiger charge is -2.27. The van der Waals surface area contributed by atoms with Crippen LogP contribution < -0.4 is 10.2 Å². The third kappa shape index (κ3) is 5.82. The molecule has 1 fully saturated rings. The highest BCUT2D eigenvalue weighted by atomic mass is 35.5. The van der Waals surface area contributed by atoms with Crippen LogP contribution in [-0.2, 0) is 0 Å².